The molecule has 2 aromatic carbocycles. The fourth-order valence-electron chi connectivity index (χ4n) is 3.44. The van der Waals surface area contributed by atoms with Gasteiger partial charge >= 0.3 is 17.9 Å². The molecule has 0 aromatic heterocycles. The number of benzene rings is 2. The molecule has 8 nitrogen and oxygen atoms in total. The SMILES string of the molecule is CC(C)(C)OC(=O)Cc1ccc(CCc2ccc(CC(=O)NC(CCC(=O)O)C(=O)O)cc2)cc1. The molecule has 0 aliphatic heterocycles. The van der Waals surface area contributed by atoms with Crippen molar-refractivity contribution in [2.24, 2.45) is 0 Å². The van der Waals surface area contributed by atoms with Crippen LogP contribution in [0.2, 0.25) is 0 Å². The van der Waals surface area contributed by atoms with Crippen LogP contribution in [0.3, 0.4) is 0 Å². The number of esters is 1. The Morgan fingerprint density at radius 2 is 1.26 bits per heavy atom. The van der Waals surface area contributed by atoms with Crippen molar-refractivity contribution in [1.82, 2.24) is 5.32 Å². The van der Waals surface area contributed by atoms with Crippen molar-refractivity contribution in [3.05, 3.63) is 70.8 Å². The first-order valence-electron chi connectivity index (χ1n) is 11.5. The van der Waals surface area contributed by atoms with Gasteiger partial charge in [0.05, 0.1) is 12.8 Å². The van der Waals surface area contributed by atoms with E-state index in [1.807, 2.05) is 69.3 Å². The molecule has 0 aliphatic carbocycles. The summed E-state index contributed by atoms with van der Waals surface area (Å²) in [6.45, 7) is 5.53. The Hall–Kier alpha value is -3.68. The van der Waals surface area contributed by atoms with E-state index in [0.717, 1.165) is 35.1 Å². The molecule has 0 bridgehead atoms. The van der Waals surface area contributed by atoms with E-state index in [-0.39, 0.29) is 31.7 Å². The second-order valence-electron chi connectivity index (χ2n) is 9.46. The van der Waals surface area contributed by atoms with Crippen molar-refractivity contribution in [2.45, 2.75) is 70.9 Å². The Morgan fingerprint density at radius 3 is 1.69 bits per heavy atom. The minimum absolute atomic E-state index is 0.0102. The topological polar surface area (TPSA) is 130 Å². The van der Waals surface area contributed by atoms with Gasteiger partial charge in [0.25, 0.3) is 0 Å². The van der Waals surface area contributed by atoms with Gasteiger partial charge in [0.15, 0.2) is 0 Å². The molecule has 188 valence electrons. The van der Waals surface area contributed by atoms with Gasteiger partial charge in [0.1, 0.15) is 11.6 Å². The first-order valence-corrected chi connectivity index (χ1v) is 11.5. The second kappa shape index (κ2) is 12.7. The molecule has 3 N–H and O–H groups in total. The summed E-state index contributed by atoms with van der Waals surface area (Å²) in [5.74, 6) is -3.09. The van der Waals surface area contributed by atoms with E-state index in [2.05, 4.69) is 5.32 Å². The highest BCUT2D eigenvalue weighted by Crippen LogP contribution is 2.14. The number of amides is 1. The lowest BCUT2D eigenvalue weighted by molar-refractivity contribution is -0.154. The quantitative estimate of drug-likeness (QED) is 0.395. The van der Waals surface area contributed by atoms with Crippen LogP contribution in [0.25, 0.3) is 0 Å². The van der Waals surface area contributed by atoms with Crippen LogP contribution in [0.15, 0.2) is 48.5 Å². The van der Waals surface area contributed by atoms with Gasteiger partial charge in [-0.15, -0.1) is 0 Å². The Bertz CT molecular complexity index is 1020. The smallest absolute Gasteiger partial charge is 0.326 e. The van der Waals surface area contributed by atoms with E-state index in [1.54, 1.807) is 0 Å². The van der Waals surface area contributed by atoms with E-state index in [0.29, 0.717) is 0 Å². The third kappa shape index (κ3) is 10.9. The molecule has 0 heterocycles. The van der Waals surface area contributed by atoms with E-state index in [1.165, 1.54) is 0 Å². The number of carbonyl (C=O) groups excluding carboxylic acids is 2. The Kier molecular flexibility index (Phi) is 9.99. The first kappa shape index (κ1) is 27.6. The fraction of sp³-hybridized carbons (Fsp3) is 0.407. The molecule has 0 saturated heterocycles. The van der Waals surface area contributed by atoms with Crippen molar-refractivity contribution in [3.63, 3.8) is 0 Å². The molecule has 0 saturated carbocycles. The van der Waals surface area contributed by atoms with Crippen molar-refractivity contribution < 1.29 is 34.1 Å². The first-order chi connectivity index (χ1) is 16.4. The van der Waals surface area contributed by atoms with Gasteiger partial charge in [0.2, 0.25) is 5.91 Å². The van der Waals surface area contributed by atoms with Crippen molar-refractivity contribution in [1.29, 1.82) is 0 Å². The van der Waals surface area contributed by atoms with Gasteiger partial charge in [-0.05, 0) is 62.3 Å². The molecule has 0 aliphatic rings. The van der Waals surface area contributed by atoms with Crippen molar-refractivity contribution >= 4 is 23.8 Å². The molecule has 0 fully saturated rings. The van der Waals surface area contributed by atoms with Crippen molar-refractivity contribution in [3.8, 4) is 0 Å². The maximum absolute atomic E-state index is 12.2. The van der Waals surface area contributed by atoms with Crippen LogP contribution in [0.4, 0.5) is 0 Å². The summed E-state index contributed by atoms with van der Waals surface area (Å²) >= 11 is 0. The number of carbonyl (C=O) groups is 4. The predicted octanol–water partition coefficient (Wildman–Crippen LogP) is 3.33. The van der Waals surface area contributed by atoms with Gasteiger partial charge in [-0.1, -0.05) is 48.5 Å². The summed E-state index contributed by atoms with van der Waals surface area (Å²) in [5.41, 5.74) is 3.37. The zero-order valence-corrected chi connectivity index (χ0v) is 20.4. The standard InChI is InChI=1S/C27H33NO7/c1-27(2,3)35-25(32)17-21-12-8-19(9-13-21)5-4-18-6-10-20(11-7-18)16-23(29)28-22(26(33)34)14-15-24(30)31/h6-13,22H,4-5,14-17H2,1-3H3,(H,28,29)(H,30,31)(H,33,34). The van der Waals surface area contributed by atoms with Crippen LogP contribution in [0, 0.1) is 0 Å². The number of ether oxygens (including phenoxy) is 1. The highest BCUT2D eigenvalue weighted by molar-refractivity contribution is 5.85. The molecule has 0 radical (unpaired) electrons. The fourth-order valence-corrected chi connectivity index (χ4v) is 3.44. The van der Waals surface area contributed by atoms with Crippen LogP contribution in [0.1, 0.15) is 55.9 Å². The number of nitrogens with one attached hydrogen (secondary N) is 1. The molecular weight excluding hydrogens is 450 g/mol. The average molecular weight is 484 g/mol. The van der Waals surface area contributed by atoms with Gasteiger partial charge < -0.3 is 20.3 Å². The highest BCUT2D eigenvalue weighted by atomic mass is 16.6. The van der Waals surface area contributed by atoms with Gasteiger partial charge in [-0.2, -0.15) is 0 Å². The van der Waals surface area contributed by atoms with Gasteiger partial charge in [-0.25, -0.2) is 4.79 Å². The number of carboxylic acids is 2. The van der Waals surface area contributed by atoms with E-state index >= 15 is 0 Å². The minimum Gasteiger partial charge on any atom is -0.481 e. The molecule has 35 heavy (non-hydrogen) atoms. The lowest BCUT2D eigenvalue weighted by Gasteiger charge is -2.19. The summed E-state index contributed by atoms with van der Waals surface area (Å²) in [7, 11) is 0. The van der Waals surface area contributed by atoms with Crippen LogP contribution < -0.4 is 5.32 Å². The Balaban J connectivity index is 1.82. The average Bonchev–Trinajstić information content (AvgIpc) is 2.75. The summed E-state index contributed by atoms with van der Waals surface area (Å²) in [4.78, 5) is 46.0. The molecule has 2 aromatic rings. The van der Waals surface area contributed by atoms with E-state index in [4.69, 9.17) is 14.9 Å². The third-order valence-corrected chi connectivity index (χ3v) is 5.16. The third-order valence-electron chi connectivity index (χ3n) is 5.16. The lowest BCUT2D eigenvalue weighted by Crippen LogP contribution is -2.41. The van der Waals surface area contributed by atoms with Crippen molar-refractivity contribution in [2.75, 3.05) is 0 Å². The zero-order valence-electron chi connectivity index (χ0n) is 20.4. The van der Waals surface area contributed by atoms with Gasteiger partial charge in [0, 0.05) is 6.42 Å². The maximum atomic E-state index is 12.2. The highest BCUT2D eigenvalue weighted by Gasteiger charge is 2.21. The predicted molar refractivity (Wildman–Crippen MR) is 130 cm³/mol. The van der Waals surface area contributed by atoms with Gasteiger partial charge in [-0.3, -0.25) is 14.4 Å². The normalized spacial score (nSPS) is 12.0. The second-order valence-corrected chi connectivity index (χ2v) is 9.46. The molecule has 1 amide bonds. The lowest BCUT2D eigenvalue weighted by atomic mass is 10.0. The van der Waals surface area contributed by atoms with Crippen LogP contribution in [0.5, 0.6) is 0 Å². The number of rotatable bonds is 12. The Labute approximate surface area is 205 Å². The van der Waals surface area contributed by atoms with E-state index in [9.17, 15) is 19.2 Å². The zero-order chi connectivity index (χ0) is 26.0. The molecular formula is C27H33NO7. The summed E-state index contributed by atoms with van der Waals surface area (Å²) in [6.07, 6.45) is 1.36. The van der Waals surface area contributed by atoms with Crippen LogP contribution in [-0.4, -0.2) is 45.7 Å². The Morgan fingerprint density at radius 1 is 0.800 bits per heavy atom. The number of hydrogen-bond acceptors (Lipinski definition) is 5. The van der Waals surface area contributed by atoms with Crippen LogP contribution in [-0.2, 0) is 49.6 Å². The molecule has 1 atom stereocenters. The largest absolute Gasteiger partial charge is 0.481 e. The maximum Gasteiger partial charge on any atom is 0.326 e. The summed E-state index contributed by atoms with van der Waals surface area (Å²) in [5, 5.41) is 20.2. The number of carboxylic acid groups (broad SMARTS) is 2. The summed E-state index contributed by atoms with van der Waals surface area (Å²) in [6, 6.07) is 14.1. The summed E-state index contributed by atoms with van der Waals surface area (Å²) < 4.78 is 5.35. The number of aryl methyl sites for hydroxylation is 2. The number of hydrogen-bond donors (Lipinski definition) is 3. The minimum atomic E-state index is -1.26. The molecule has 1 unspecified atom stereocenters. The van der Waals surface area contributed by atoms with E-state index < -0.39 is 29.5 Å². The monoisotopic (exact) mass is 483 g/mol. The van der Waals surface area contributed by atoms with Crippen LogP contribution >= 0.6 is 0 Å². The molecule has 8 heteroatoms. The molecule has 2 rings (SSSR count). The molecule has 0 spiro atoms. The number of aliphatic carboxylic acids is 2.